The number of aliphatic hydroxyl groups is 1. The zero-order valence-corrected chi connectivity index (χ0v) is 14.6. The topological polar surface area (TPSA) is 43.8 Å². The van der Waals surface area contributed by atoms with E-state index in [9.17, 15) is 9.90 Å². The third kappa shape index (κ3) is 3.83. The van der Waals surface area contributed by atoms with Gasteiger partial charge in [-0.05, 0) is 43.5 Å². The number of hydrogen-bond acceptors (Lipinski definition) is 4. The summed E-state index contributed by atoms with van der Waals surface area (Å²) in [7, 11) is 0. The minimum absolute atomic E-state index is 0.157. The second-order valence-corrected chi connectivity index (χ2v) is 7.66. The summed E-state index contributed by atoms with van der Waals surface area (Å²) in [5, 5.41) is 9.95. The van der Waals surface area contributed by atoms with Crippen molar-refractivity contribution in [3.8, 4) is 0 Å². The monoisotopic (exact) mass is 334 g/mol. The fourth-order valence-electron chi connectivity index (χ4n) is 3.34. The van der Waals surface area contributed by atoms with Gasteiger partial charge in [0.1, 0.15) is 0 Å². The first-order chi connectivity index (χ1) is 11.2. The van der Waals surface area contributed by atoms with Crippen LogP contribution in [0, 0.1) is 0 Å². The number of hydrogen-bond donors (Lipinski definition) is 1. The molecule has 0 spiro atoms. The smallest absolute Gasteiger partial charge is 0.254 e. The van der Waals surface area contributed by atoms with Gasteiger partial charge in [0.2, 0.25) is 0 Å². The molecule has 0 aromatic heterocycles. The fourth-order valence-corrected chi connectivity index (χ4v) is 4.70. The summed E-state index contributed by atoms with van der Waals surface area (Å²) in [4.78, 5) is 17.0. The number of piperidine rings is 1. The van der Waals surface area contributed by atoms with Crippen molar-refractivity contribution < 1.29 is 9.90 Å². The van der Waals surface area contributed by atoms with E-state index >= 15 is 0 Å². The SMILES string of the molecule is CCC[C@@H]1SCCN1C(=O)c1ccc(N2CCC(O)CC2)cc1. The first-order valence-electron chi connectivity index (χ1n) is 8.64. The molecule has 4 nitrogen and oxygen atoms in total. The van der Waals surface area contributed by atoms with Gasteiger partial charge in [-0.1, -0.05) is 13.3 Å². The fraction of sp³-hybridized carbons (Fsp3) is 0.611. The molecular formula is C18H26N2O2S. The van der Waals surface area contributed by atoms with Crippen LogP contribution in [-0.4, -0.2) is 52.8 Å². The Labute approximate surface area is 142 Å². The van der Waals surface area contributed by atoms with Gasteiger partial charge in [0, 0.05) is 36.6 Å². The average Bonchev–Trinajstić information content (AvgIpc) is 3.04. The predicted octanol–water partition coefficient (Wildman–Crippen LogP) is 2.96. The standard InChI is InChI=1S/C18H26N2O2S/c1-2-3-17-20(12-13-23-17)18(22)14-4-6-15(7-5-14)19-10-8-16(21)9-11-19/h4-7,16-17,21H,2-3,8-13H2,1H3/t17-/m0/s1. The van der Waals surface area contributed by atoms with Crippen LogP contribution in [-0.2, 0) is 0 Å². The van der Waals surface area contributed by atoms with Crippen molar-refractivity contribution in [3.05, 3.63) is 29.8 Å². The quantitative estimate of drug-likeness (QED) is 0.919. The molecule has 1 amide bonds. The summed E-state index contributed by atoms with van der Waals surface area (Å²) in [5.41, 5.74) is 1.93. The Morgan fingerprint density at radius 3 is 2.57 bits per heavy atom. The summed E-state index contributed by atoms with van der Waals surface area (Å²) in [6, 6.07) is 8.00. The van der Waals surface area contributed by atoms with Gasteiger partial charge < -0.3 is 14.9 Å². The summed E-state index contributed by atoms with van der Waals surface area (Å²) in [6.07, 6.45) is 3.68. The van der Waals surface area contributed by atoms with Gasteiger partial charge in [0.25, 0.3) is 5.91 Å². The van der Waals surface area contributed by atoms with E-state index in [1.54, 1.807) is 0 Å². The average molecular weight is 334 g/mol. The van der Waals surface area contributed by atoms with Crippen molar-refractivity contribution in [1.29, 1.82) is 0 Å². The molecule has 1 aromatic rings. The highest BCUT2D eigenvalue weighted by molar-refractivity contribution is 8.00. The summed E-state index contributed by atoms with van der Waals surface area (Å²) >= 11 is 1.90. The normalized spacial score (nSPS) is 22.6. The third-order valence-corrected chi connectivity index (χ3v) is 6.02. The lowest BCUT2D eigenvalue weighted by Gasteiger charge is -2.31. The molecule has 0 saturated carbocycles. The Hall–Kier alpha value is -1.20. The lowest BCUT2D eigenvalue weighted by atomic mass is 10.1. The Morgan fingerprint density at radius 2 is 1.91 bits per heavy atom. The number of nitrogens with zero attached hydrogens (tertiary/aromatic N) is 2. The molecule has 1 atom stereocenters. The number of rotatable bonds is 4. The maximum absolute atomic E-state index is 12.7. The largest absolute Gasteiger partial charge is 0.393 e. The zero-order chi connectivity index (χ0) is 16.2. The van der Waals surface area contributed by atoms with Crippen molar-refractivity contribution in [1.82, 2.24) is 4.90 Å². The van der Waals surface area contributed by atoms with Crippen LogP contribution in [0.25, 0.3) is 0 Å². The Bertz CT molecular complexity index is 526. The molecule has 5 heteroatoms. The minimum Gasteiger partial charge on any atom is -0.393 e. The first-order valence-corrected chi connectivity index (χ1v) is 9.69. The van der Waals surface area contributed by atoms with E-state index in [-0.39, 0.29) is 12.0 Å². The van der Waals surface area contributed by atoms with E-state index < -0.39 is 0 Å². The molecule has 126 valence electrons. The Morgan fingerprint density at radius 1 is 1.22 bits per heavy atom. The van der Waals surface area contributed by atoms with E-state index in [1.165, 1.54) is 0 Å². The molecule has 2 aliphatic heterocycles. The van der Waals surface area contributed by atoms with Gasteiger partial charge in [0.15, 0.2) is 0 Å². The number of benzene rings is 1. The van der Waals surface area contributed by atoms with Crippen LogP contribution in [0.1, 0.15) is 43.0 Å². The first kappa shape index (κ1) is 16.7. The maximum Gasteiger partial charge on any atom is 0.254 e. The van der Waals surface area contributed by atoms with Crippen molar-refractivity contribution in [3.63, 3.8) is 0 Å². The third-order valence-electron chi connectivity index (χ3n) is 4.73. The van der Waals surface area contributed by atoms with E-state index in [1.807, 2.05) is 40.9 Å². The molecular weight excluding hydrogens is 308 g/mol. The molecule has 0 aliphatic carbocycles. The highest BCUT2D eigenvalue weighted by Gasteiger charge is 2.29. The van der Waals surface area contributed by atoms with Gasteiger partial charge in [-0.25, -0.2) is 0 Å². The molecule has 0 unspecified atom stereocenters. The molecule has 1 aromatic carbocycles. The molecule has 2 fully saturated rings. The minimum atomic E-state index is -0.157. The van der Waals surface area contributed by atoms with Gasteiger partial charge in [-0.3, -0.25) is 4.79 Å². The lowest BCUT2D eigenvalue weighted by molar-refractivity contribution is 0.0756. The summed E-state index contributed by atoms with van der Waals surface area (Å²) < 4.78 is 0. The van der Waals surface area contributed by atoms with E-state index in [0.29, 0.717) is 5.37 Å². The molecule has 0 radical (unpaired) electrons. The van der Waals surface area contributed by atoms with E-state index in [4.69, 9.17) is 0 Å². The van der Waals surface area contributed by atoms with Gasteiger partial charge in [-0.15, -0.1) is 11.8 Å². The maximum atomic E-state index is 12.7. The number of anilines is 1. The van der Waals surface area contributed by atoms with Crippen molar-refractivity contribution in [2.24, 2.45) is 0 Å². The molecule has 3 rings (SSSR count). The number of aliphatic hydroxyl groups excluding tert-OH is 1. The second kappa shape index (κ2) is 7.58. The predicted molar refractivity (Wildman–Crippen MR) is 96.1 cm³/mol. The zero-order valence-electron chi connectivity index (χ0n) is 13.8. The second-order valence-electron chi connectivity index (χ2n) is 6.38. The molecule has 2 aliphatic rings. The Kier molecular flexibility index (Phi) is 5.49. The number of carbonyl (C=O) groups excluding carboxylic acids is 1. The number of carbonyl (C=O) groups is 1. The highest BCUT2D eigenvalue weighted by Crippen LogP contribution is 2.29. The Balaban J connectivity index is 1.66. The van der Waals surface area contributed by atoms with Crippen LogP contribution in [0.3, 0.4) is 0 Å². The van der Waals surface area contributed by atoms with Crippen molar-refractivity contribution in [2.75, 3.05) is 30.3 Å². The molecule has 0 bridgehead atoms. The molecule has 1 N–H and O–H groups in total. The van der Waals surface area contributed by atoms with Crippen molar-refractivity contribution >= 4 is 23.4 Å². The van der Waals surface area contributed by atoms with Crippen LogP contribution in [0.5, 0.6) is 0 Å². The number of amides is 1. The van der Waals surface area contributed by atoms with Gasteiger partial charge in [0.05, 0.1) is 11.5 Å². The van der Waals surface area contributed by atoms with Crippen LogP contribution in [0.15, 0.2) is 24.3 Å². The highest BCUT2D eigenvalue weighted by atomic mass is 32.2. The summed E-state index contributed by atoms with van der Waals surface area (Å²) in [6.45, 7) is 4.80. The molecule has 23 heavy (non-hydrogen) atoms. The van der Waals surface area contributed by atoms with Crippen molar-refractivity contribution in [2.45, 2.75) is 44.1 Å². The number of thioether (sulfide) groups is 1. The van der Waals surface area contributed by atoms with Gasteiger partial charge in [-0.2, -0.15) is 0 Å². The summed E-state index contributed by atoms with van der Waals surface area (Å²) in [5.74, 6) is 1.21. The van der Waals surface area contributed by atoms with Gasteiger partial charge >= 0.3 is 0 Å². The van der Waals surface area contributed by atoms with E-state index in [0.717, 1.165) is 62.3 Å². The van der Waals surface area contributed by atoms with Crippen LogP contribution in [0.4, 0.5) is 5.69 Å². The molecule has 2 saturated heterocycles. The van der Waals surface area contributed by atoms with Crippen LogP contribution >= 0.6 is 11.8 Å². The molecule has 2 heterocycles. The van der Waals surface area contributed by atoms with Crippen LogP contribution < -0.4 is 4.90 Å². The van der Waals surface area contributed by atoms with E-state index in [2.05, 4.69) is 11.8 Å². The lowest BCUT2D eigenvalue weighted by Crippen LogP contribution is -2.36. The van der Waals surface area contributed by atoms with Crippen LogP contribution in [0.2, 0.25) is 0 Å².